The number of hydrogen-bond donors (Lipinski definition) is 2. The van der Waals surface area contributed by atoms with Crippen LogP contribution < -0.4 is 5.32 Å². The van der Waals surface area contributed by atoms with Crippen molar-refractivity contribution < 1.29 is 9.90 Å². The monoisotopic (exact) mass is 514 g/mol. The molecule has 0 bridgehead atoms. The highest BCUT2D eigenvalue weighted by atomic mass is 32.2. The Kier molecular flexibility index (Phi) is 7.43. The van der Waals surface area contributed by atoms with Crippen LogP contribution in [0, 0.1) is 23.2 Å². The molecular formula is C27H38N4O2S2. The molecule has 8 heteroatoms. The summed E-state index contributed by atoms with van der Waals surface area (Å²) in [6.07, 6.45) is 5.16. The molecule has 190 valence electrons. The number of rotatable bonds is 6. The fraction of sp³-hybridized carbons (Fsp3) is 0.667. The molecule has 2 aliphatic carbocycles. The zero-order valence-electron chi connectivity index (χ0n) is 21.1. The van der Waals surface area contributed by atoms with Crippen molar-refractivity contribution in [3.8, 4) is 0 Å². The number of hydrogen-bond acceptors (Lipinski definition) is 7. The Bertz CT molecular complexity index is 1030. The van der Waals surface area contributed by atoms with Crippen molar-refractivity contribution in [2.24, 2.45) is 23.2 Å². The standard InChI is InChI=1S/C27H38N4O2S2/c1-17(25(33)31-12-14-34-15-13-31)20-7-9-27(3)16-21-23(18(2)22(27)24(20)32)30-26(35-21)29-11-8-19-6-4-5-10-28-19/h4-6,10,17-18,20,22,24,32H,7-9,11-16H2,1-3H3,(H,29,30)/t17-,18-,20?,22+,24-,27-/m0/s1. The van der Waals surface area contributed by atoms with E-state index in [1.807, 2.05) is 41.9 Å². The summed E-state index contributed by atoms with van der Waals surface area (Å²) in [5.74, 6) is 2.47. The quantitative estimate of drug-likeness (QED) is 0.593. The molecule has 2 fully saturated rings. The predicted molar refractivity (Wildman–Crippen MR) is 144 cm³/mol. The van der Waals surface area contributed by atoms with E-state index in [-0.39, 0.29) is 35.0 Å². The zero-order valence-corrected chi connectivity index (χ0v) is 22.7. The lowest BCUT2D eigenvalue weighted by atomic mass is 9.53. The first-order chi connectivity index (χ1) is 16.9. The Morgan fingerprint density at radius 2 is 2.14 bits per heavy atom. The molecule has 1 saturated carbocycles. The predicted octanol–water partition coefficient (Wildman–Crippen LogP) is 4.46. The summed E-state index contributed by atoms with van der Waals surface area (Å²) in [5.41, 5.74) is 2.27. The van der Waals surface area contributed by atoms with Gasteiger partial charge in [-0.3, -0.25) is 9.78 Å². The van der Waals surface area contributed by atoms with Crippen molar-refractivity contribution in [2.45, 2.75) is 58.5 Å². The first kappa shape index (κ1) is 25.0. The molecule has 1 amide bonds. The van der Waals surface area contributed by atoms with E-state index in [2.05, 4.69) is 30.2 Å². The van der Waals surface area contributed by atoms with E-state index in [0.29, 0.717) is 0 Å². The van der Waals surface area contributed by atoms with Crippen LogP contribution in [0.4, 0.5) is 5.13 Å². The van der Waals surface area contributed by atoms with Gasteiger partial charge in [0.25, 0.3) is 0 Å². The molecule has 1 aliphatic heterocycles. The molecule has 5 rings (SSSR count). The maximum atomic E-state index is 13.3. The minimum absolute atomic E-state index is 0.0220. The van der Waals surface area contributed by atoms with Gasteiger partial charge in [0.15, 0.2) is 5.13 Å². The first-order valence-electron chi connectivity index (χ1n) is 13.1. The number of amides is 1. The summed E-state index contributed by atoms with van der Waals surface area (Å²) in [7, 11) is 0. The summed E-state index contributed by atoms with van der Waals surface area (Å²) in [6, 6.07) is 6.01. The third kappa shape index (κ3) is 4.98. The number of thiazole rings is 1. The maximum absolute atomic E-state index is 13.3. The summed E-state index contributed by atoms with van der Waals surface area (Å²) < 4.78 is 0. The second-order valence-electron chi connectivity index (χ2n) is 10.9. The van der Waals surface area contributed by atoms with Gasteiger partial charge in [0.2, 0.25) is 5.91 Å². The van der Waals surface area contributed by atoms with E-state index in [4.69, 9.17) is 4.98 Å². The van der Waals surface area contributed by atoms with Crippen LogP contribution in [0.25, 0.3) is 0 Å². The van der Waals surface area contributed by atoms with Crippen molar-refractivity contribution in [3.63, 3.8) is 0 Å². The lowest BCUT2D eigenvalue weighted by Crippen LogP contribution is -2.54. The van der Waals surface area contributed by atoms with Crippen LogP contribution in [0.5, 0.6) is 0 Å². The first-order valence-corrected chi connectivity index (χ1v) is 15.0. The Hall–Kier alpha value is -1.64. The van der Waals surface area contributed by atoms with Crippen molar-refractivity contribution in [1.82, 2.24) is 14.9 Å². The number of thioether (sulfide) groups is 1. The molecule has 6 nitrogen and oxygen atoms in total. The fourth-order valence-electron chi connectivity index (χ4n) is 6.72. The van der Waals surface area contributed by atoms with Crippen LogP contribution in [-0.2, 0) is 17.6 Å². The van der Waals surface area contributed by atoms with E-state index >= 15 is 0 Å². The average Bonchev–Trinajstić information content (AvgIpc) is 3.27. The van der Waals surface area contributed by atoms with Gasteiger partial charge < -0.3 is 15.3 Å². The third-order valence-corrected chi connectivity index (χ3v) is 10.6. The summed E-state index contributed by atoms with van der Waals surface area (Å²) in [4.78, 5) is 26.0. The molecule has 0 spiro atoms. The van der Waals surface area contributed by atoms with Gasteiger partial charge in [-0.15, -0.1) is 11.3 Å². The van der Waals surface area contributed by atoms with Crippen LogP contribution in [0.15, 0.2) is 24.4 Å². The van der Waals surface area contributed by atoms with Gasteiger partial charge in [-0.1, -0.05) is 26.8 Å². The van der Waals surface area contributed by atoms with E-state index in [1.54, 1.807) is 11.3 Å². The Labute approximate surface area is 217 Å². The molecule has 0 aromatic carbocycles. The molecule has 1 saturated heterocycles. The topological polar surface area (TPSA) is 78.4 Å². The number of aliphatic hydroxyl groups excluding tert-OH is 1. The van der Waals surface area contributed by atoms with Gasteiger partial charge in [0, 0.05) is 66.2 Å². The Morgan fingerprint density at radius 1 is 1.34 bits per heavy atom. The summed E-state index contributed by atoms with van der Waals surface area (Å²) in [6.45, 7) is 9.11. The van der Waals surface area contributed by atoms with Gasteiger partial charge in [-0.25, -0.2) is 4.98 Å². The molecule has 6 atom stereocenters. The van der Waals surface area contributed by atoms with Gasteiger partial charge >= 0.3 is 0 Å². The number of carbonyl (C=O) groups is 1. The largest absolute Gasteiger partial charge is 0.392 e. The fourth-order valence-corrected chi connectivity index (χ4v) is 8.91. The lowest BCUT2D eigenvalue weighted by Gasteiger charge is -2.53. The van der Waals surface area contributed by atoms with Gasteiger partial charge in [0.05, 0.1) is 11.8 Å². The molecule has 35 heavy (non-hydrogen) atoms. The molecule has 3 heterocycles. The highest BCUT2D eigenvalue weighted by Gasteiger charge is 2.54. The van der Waals surface area contributed by atoms with Gasteiger partial charge in [-0.05, 0) is 48.6 Å². The minimum Gasteiger partial charge on any atom is -0.392 e. The second kappa shape index (κ2) is 10.4. The van der Waals surface area contributed by atoms with Crippen LogP contribution in [-0.4, -0.2) is 63.1 Å². The van der Waals surface area contributed by atoms with E-state index in [1.165, 1.54) is 4.88 Å². The number of fused-ring (bicyclic) bond motifs is 2. The van der Waals surface area contributed by atoms with Crippen LogP contribution >= 0.6 is 23.1 Å². The number of aromatic nitrogens is 2. The molecule has 3 aliphatic rings. The van der Waals surface area contributed by atoms with Gasteiger partial charge in [-0.2, -0.15) is 11.8 Å². The van der Waals surface area contributed by atoms with Crippen molar-refractivity contribution in [3.05, 3.63) is 40.7 Å². The second-order valence-corrected chi connectivity index (χ2v) is 13.2. The zero-order chi connectivity index (χ0) is 24.6. The minimum atomic E-state index is -0.475. The number of pyridine rings is 1. The SMILES string of the molecule is C[C@H](C(=O)N1CCSCC1)C1CC[C@@]2(C)Cc3sc(NCCc4ccccn4)nc3[C@@H](C)[C@@H]2[C@H]1O. The highest BCUT2D eigenvalue weighted by Crippen LogP contribution is 2.57. The number of nitrogens with one attached hydrogen (secondary N) is 1. The number of anilines is 1. The van der Waals surface area contributed by atoms with E-state index in [9.17, 15) is 9.90 Å². The van der Waals surface area contributed by atoms with Crippen molar-refractivity contribution in [2.75, 3.05) is 36.5 Å². The molecular weight excluding hydrogens is 476 g/mol. The van der Waals surface area contributed by atoms with E-state index in [0.717, 1.165) is 73.3 Å². The van der Waals surface area contributed by atoms with Crippen LogP contribution in [0.2, 0.25) is 0 Å². The number of carbonyl (C=O) groups excluding carboxylic acids is 1. The lowest BCUT2D eigenvalue weighted by molar-refractivity contribution is -0.144. The normalized spacial score (nSPS) is 31.4. The van der Waals surface area contributed by atoms with Crippen LogP contribution in [0.1, 0.15) is 55.8 Å². The Balaban J connectivity index is 1.28. The molecule has 2 aromatic heterocycles. The number of aliphatic hydroxyl groups is 1. The summed E-state index contributed by atoms with van der Waals surface area (Å²) in [5, 5.41) is 16.2. The highest BCUT2D eigenvalue weighted by molar-refractivity contribution is 7.99. The van der Waals surface area contributed by atoms with E-state index < -0.39 is 6.10 Å². The maximum Gasteiger partial charge on any atom is 0.225 e. The summed E-state index contributed by atoms with van der Waals surface area (Å²) >= 11 is 3.69. The van der Waals surface area contributed by atoms with Crippen LogP contribution in [0.3, 0.4) is 0 Å². The van der Waals surface area contributed by atoms with Crippen molar-refractivity contribution >= 4 is 34.1 Å². The number of nitrogens with zero attached hydrogens (tertiary/aromatic N) is 3. The average molecular weight is 515 g/mol. The van der Waals surface area contributed by atoms with Gasteiger partial charge in [0.1, 0.15) is 0 Å². The molecule has 1 unspecified atom stereocenters. The smallest absolute Gasteiger partial charge is 0.225 e. The third-order valence-electron chi connectivity index (χ3n) is 8.66. The molecule has 2 aromatic rings. The van der Waals surface area contributed by atoms with Crippen molar-refractivity contribution in [1.29, 1.82) is 0 Å². The molecule has 2 N–H and O–H groups in total. The molecule has 0 radical (unpaired) electrons. The Morgan fingerprint density at radius 3 is 2.89 bits per heavy atom.